The summed E-state index contributed by atoms with van der Waals surface area (Å²) in [4.78, 5) is 12.3. The van der Waals surface area contributed by atoms with Crippen LogP contribution in [-0.2, 0) is 13.1 Å². The van der Waals surface area contributed by atoms with Gasteiger partial charge in [0.25, 0.3) is 0 Å². The monoisotopic (exact) mass is 405 g/mol. The molecule has 0 atom stereocenters. The number of methoxy groups -OCH3 is 1. The van der Waals surface area contributed by atoms with E-state index in [9.17, 15) is 4.39 Å². The molecule has 2 N–H and O–H groups in total. The van der Waals surface area contributed by atoms with Gasteiger partial charge in [-0.3, -0.25) is 9.89 Å². The Morgan fingerprint density at radius 3 is 2.79 bits per heavy atom. The van der Waals surface area contributed by atoms with Gasteiger partial charge in [0.05, 0.1) is 13.7 Å². The summed E-state index contributed by atoms with van der Waals surface area (Å²) in [5, 5.41) is 7.90. The van der Waals surface area contributed by atoms with Gasteiger partial charge in [-0.1, -0.05) is 6.07 Å². The van der Waals surface area contributed by atoms with E-state index in [0.29, 0.717) is 18.3 Å². The number of likely N-dealkylation sites (tertiary alicyclic amines) is 1. The third-order valence-electron chi connectivity index (χ3n) is 4.85. The Labute approximate surface area is 169 Å². The van der Waals surface area contributed by atoms with Gasteiger partial charge in [-0.25, -0.2) is 9.37 Å². The summed E-state index contributed by atoms with van der Waals surface area (Å²) in [6.07, 6.45) is 3.94. The number of aromatic nitrogens is 1. The lowest BCUT2D eigenvalue weighted by Gasteiger charge is -2.33. The normalized spacial score (nSPS) is 16.2. The Morgan fingerprint density at radius 1 is 1.39 bits per heavy atom. The molecule has 0 aliphatic carbocycles. The summed E-state index contributed by atoms with van der Waals surface area (Å²) >= 11 is 1.69. The van der Waals surface area contributed by atoms with Crippen LogP contribution < -0.4 is 15.4 Å². The molecular formula is C20H28FN5OS. The van der Waals surface area contributed by atoms with E-state index in [1.54, 1.807) is 30.5 Å². The fraction of sp³-hybridized carbons (Fsp3) is 0.500. The van der Waals surface area contributed by atoms with Crippen LogP contribution in [0.15, 0.2) is 29.4 Å². The van der Waals surface area contributed by atoms with Crippen molar-refractivity contribution in [3.8, 4) is 5.75 Å². The van der Waals surface area contributed by atoms with Crippen molar-refractivity contribution in [3.05, 3.63) is 45.7 Å². The number of halogens is 1. The predicted octanol–water partition coefficient (Wildman–Crippen LogP) is 2.93. The van der Waals surface area contributed by atoms with Crippen LogP contribution in [0.3, 0.4) is 0 Å². The first kappa shape index (κ1) is 20.5. The number of piperidine rings is 1. The molecule has 0 bridgehead atoms. The number of rotatable bonds is 6. The van der Waals surface area contributed by atoms with E-state index in [-0.39, 0.29) is 5.82 Å². The van der Waals surface area contributed by atoms with Crippen LogP contribution in [0.25, 0.3) is 0 Å². The van der Waals surface area contributed by atoms with Gasteiger partial charge in [0, 0.05) is 43.8 Å². The minimum atomic E-state index is -0.304. The summed E-state index contributed by atoms with van der Waals surface area (Å²) in [7, 11) is 3.27. The van der Waals surface area contributed by atoms with Crippen LogP contribution in [0.5, 0.6) is 5.75 Å². The third-order valence-corrected chi connectivity index (χ3v) is 5.76. The van der Waals surface area contributed by atoms with Gasteiger partial charge in [0.15, 0.2) is 17.5 Å². The first-order valence-corrected chi connectivity index (χ1v) is 10.3. The lowest BCUT2D eigenvalue weighted by molar-refractivity contribution is 0.198. The molecule has 0 radical (unpaired) electrons. The Balaban J connectivity index is 1.43. The van der Waals surface area contributed by atoms with Gasteiger partial charge >= 0.3 is 0 Å². The molecule has 3 rings (SSSR count). The Hall–Kier alpha value is -2.19. The zero-order valence-corrected chi connectivity index (χ0v) is 17.5. The average molecular weight is 406 g/mol. The number of ether oxygens (including phenoxy) is 1. The standard InChI is InChI=1S/C20H28FN5OS/c1-14-11-23-19(28-14)12-24-20(22-2)25-16-6-8-26(9-7-16)13-15-4-5-18(27-3)17(21)10-15/h4-5,10-11,16H,6-9,12-13H2,1-3H3,(H2,22,24,25). The Bertz CT molecular complexity index is 802. The highest BCUT2D eigenvalue weighted by Gasteiger charge is 2.20. The van der Waals surface area contributed by atoms with Crippen molar-refractivity contribution in [2.24, 2.45) is 4.99 Å². The van der Waals surface area contributed by atoms with Crippen molar-refractivity contribution in [1.82, 2.24) is 20.5 Å². The summed E-state index contributed by atoms with van der Waals surface area (Å²) in [5.41, 5.74) is 0.973. The fourth-order valence-electron chi connectivity index (χ4n) is 3.33. The van der Waals surface area contributed by atoms with E-state index in [2.05, 4.69) is 32.4 Å². The molecule has 1 aromatic carbocycles. The second kappa shape index (κ2) is 9.84. The highest BCUT2D eigenvalue weighted by atomic mass is 32.1. The number of aliphatic imine (C=N–C) groups is 1. The Kier molecular flexibility index (Phi) is 7.22. The van der Waals surface area contributed by atoms with Gasteiger partial charge < -0.3 is 15.4 Å². The van der Waals surface area contributed by atoms with Crippen LogP contribution >= 0.6 is 11.3 Å². The molecule has 8 heteroatoms. The molecule has 2 aromatic rings. The molecule has 1 saturated heterocycles. The SMILES string of the molecule is CN=C(NCc1ncc(C)s1)NC1CCN(Cc2ccc(OC)c(F)c2)CC1. The minimum Gasteiger partial charge on any atom is -0.494 e. The van der Waals surface area contributed by atoms with Crippen molar-refractivity contribution in [2.75, 3.05) is 27.2 Å². The molecule has 28 heavy (non-hydrogen) atoms. The van der Waals surface area contributed by atoms with Crippen LogP contribution in [0.2, 0.25) is 0 Å². The van der Waals surface area contributed by atoms with E-state index in [1.165, 1.54) is 12.0 Å². The summed E-state index contributed by atoms with van der Waals surface area (Å²) < 4.78 is 18.9. The maximum atomic E-state index is 13.9. The quantitative estimate of drug-likeness (QED) is 0.572. The maximum Gasteiger partial charge on any atom is 0.191 e. The molecule has 2 heterocycles. The molecule has 152 valence electrons. The summed E-state index contributed by atoms with van der Waals surface area (Å²) in [5.74, 6) is 0.795. The predicted molar refractivity (Wildman–Crippen MR) is 111 cm³/mol. The zero-order chi connectivity index (χ0) is 19.9. The molecule has 1 fully saturated rings. The molecule has 0 spiro atoms. The molecule has 0 unspecified atom stereocenters. The van der Waals surface area contributed by atoms with E-state index in [4.69, 9.17) is 4.74 Å². The average Bonchev–Trinajstić information content (AvgIpc) is 3.12. The summed E-state index contributed by atoms with van der Waals surface area (Å²) in [6, 6.07) is 5.57. The fourth-order valence-corrected chi connectivity index (χ4v) is 4.06. The second-order valence-electron chi connectivity index (χ2n) is 6.95. The lowest BCUT2D eigenvalue weighted by atomic mass is 10.0. The molecule has 0 saturated carbocycles. The number of aryl methyl sites for hydroxylation is 1. The van der Waals surface area contributed by atoms with Crippen molar-refractivity contribution >= 4 is 17.3 Å². The van der Waals surface area contributed by atoms with Crippen molar-refractivity contribution in [3.63, 3.8) is 0 Å². The van der Waals surface area contributed by atoms with Crippen LogP contribution in [0.4, 0.5) is 4.39 Å². The molecule has 1 aromatic heterocycles. The molecule has 6 nitrogen and oxygen atoms in total. The Morgan fingerprint density at radius 2 is 2.18 bits per heavy atom. The van der Waals surface area contributed by atoms with Gasteiger partial charge in [0.1, 0.15) is 5.01 Å². The molecule has 0 amide bonds. The number of thiazole rings is 1. The molecule has 1 aliphatic heterocycles. The molecule has 1 aliphatic rings. The number of guanidine groups is 1. The molecular weight excluding hydrogens is 377 g/mol. The first-order valence-electron chi connectivity index (χ1n) is 9.50. The summed E-state index contributed by atoms with van der Waals surface area (Å²) in [6.45, 7) is 5.42. The van der Waals surface area contributed by atoms with Crippen molar-refractivity contribution in [2.45, 2.75) is 38.9 Å². The number of benzene rings is 1. The van der Waals surface area contributed by atoms with Crippen LogP contribution in [-0.4, -0.2) is 49.1 Å². The van der Waals surface area contributed by atoms with Gasteiger partial charge in [-0.05, 0) is 37.5 Å². The van der Waals surface area contributed by atoms with Gasteiger partial charge in [-0.2, -0.15) is 0 Å². The van der Waals surface area contributed by atoms with Crippen LogP contribution in [0, 0.1) is 12.7 Å². The lowest BCUT2D eigenvalue weighted by Crippen LogP contribution is -2.48. The minimum absolute atomic E-state index is 0.290. The number of nitrogens with one attached hydrogen (secondary N) is 2. The number of nitrogens with zero attached hydrogens (tertiary/aromatic N) is 3. The van der Waals surface area contributed by atoms with Crippen LogP contribution in [0.1, 0.15) is 28.3 Å². The van der Waals surface area contributed by atoms with E-state index >= 15 is 0 Å². The first-order chi connectivity index (χ1) is 13.6. The topological polar surface area (TPSA) is 61.8 Å². The zero-order valence-electron chi connectivity index (χ0n) is 16.7. The second-order valence-corrected chi connectivity index (χ2v) is 8.27. The van der Waals surface area contributed by atoms with Crippen molar-refractivity contribution in [1.29, 1.82) is 0 Å². The van der Waals surface area contributed by atoms with Gasteiger partial charge in [-0.15, -0.1) is 11.3 Å². The largest absolute Gasteiger partial charge is 0.494 e. The van der Waals surface area contributed by atoms with E-state index in [1.807, 2.05) is 12.3 Å². The highest BCUT2D eigenvalue weighted by molar-refractivity contribution is 7.11. The van der Waals surface area contributed by atoms with E-state index in [0.717, 1.165) is 49.0 Å². The van der Waals surface area contributed by atoms with Gasteiger partial charge in [0.2, 0.25) is 0 Å². The smallest absolute Gasteiger partial charge is 0.191 e. The highest BCUT2D eigenvalue weighted by Crippen LogP contribution is 2.20. The third kappa shape index (κ3) is 5.65. The van der Waals surface area contributed by atoms with Crippen molar-refractivity contribution < 1.29 is 9.13 Å². The number of hydrogen-bond donors (Lipinski definition) is 2. The maximum absolute atomic E-state index is 13.9. The van der Waals surface area contributed by atoms with E-state index < -0.39 is 0 Å². The number of hydrogen-bond acceptors (Lipinski definition) is 5.